The zero-order valence-electron chi connectivity index (χ0n) is 12.6. The molecule has 2 fully saturated rings. The summed E-state index contributed by atoms with van der Waals surface area (Å²) in [5.41, 5.74) is -0.574. The molecule has 0 radical (unpaired) electrons. The number of nitrogens with one attached hydrogen (secondary N) is 1. The first kappa shape index (κ1) is 15.3. The van der Waals surface area contributed by atoms with Gasteiger partial charge in [-0.2, -0.15) is 0 Å². The Hall–Kier alpha value is -1.10. The van der Waals surface area contributed by atoms with Crippen molar-refractivity contribution in [3.8, 4) is 0 Å². The molecule has 2 aliphatic rings. The third kappa shape index (κ3) is 2.68. The maximum absolute atomic E-state index is 12.6. The van der Waals surface area contributed by atoms with E-state index in [0.29, 0.717) is 26.2 Å². The Bertz CT molecular complexity index is 364. The van der Waals surface area contributed by atoms with Crippen LogP contribution in [0.2, 0.25) is 0 Å². The third-order valence-electron chi connectivity index (χ3n) is 4.52. The molecule has 0 aromatic carbocycles. The third-order valence-corrected chi connectivity index (χ3v) is 4.52. The lowest BCUT2D eigenvalue weighted by atomic mass is 9.88. The predicted molar refractivity (Wildman–Crippen MR) is 76.2 cm³/mol. The van der Waals surface area contributed by atoms with Crippen molar-refractivity contribution in [1.29, 1.82) is 0 Å². The maximum Gasteiger partial charge on any atom is 0.246 e. The van der Waals surface area contributed by atoms with Crippen LogP contribution in [0.25, 0.3) is 0 Å². The van der Waals surface area contributed by atoms with Crippen molar-refractivity contribution in [1.82, 2.24) is 10.2 Å². The standard InChI is InChI=1S/C15H26N2O3/c1-3-12-13(18)17(10-7-11-20-4-2)15(14(19)16-12)8-5-6-9-15/h12H,3-11H2,1-2H3,(H,16,19). The van der Waals surface area contributed by atoms with Gasteiger partial charge in [-0.05, 0) is 32.6 Å². The van der Waals surface area contributed by atoms with E-state index in [4.69, 9.17) is 4.74 Å². The molecule has 1 saturated heterocycles. The molecule has 2 rings (SSSR count). The highest BCUT2D eigenvalue weighted by atomic mass is 16.5. The maximum atomic E-state index is 12.6. The van der Waals surface area contributed by atoms with Gasteiger partial charge in [0.05, 0.1) is 0 Å². The molecule has 0 bridgehead atoms. The molecule has 0 aromatic heterocycles. The number of hydrogen-bond acceptors (Lipinski definition) is 3. The Kier molecular flexibility index (Phi) is 5.02. The van der Waals surface area contributed by atoms with E-state index in [1.54, 1.807) is 0 Å². The van der Waals surface area contributed by atoms with Crippen LogP contribution in [-0.2, 0) is 14.3 Å². The summed E-state index contributed by atoms with van der Waals surface area (Å²) in [4.78, 5) is 26.9. The number of hydrogen-bond donors (Lipinski definition) is 1. The van der Waals surface area contributed by atoms with Gasteiger partial charge in [-0.1, -0.05) is 19.8 Å². The molecule has 0 aromatic rings. The van der Waals surface area contributed by atoms with Crippen LogP contribution in [-0.4, -0.2) is 48.1 Å². The molecular formula is C15H26N2O3. The first-order valence-electron chi connectivity index (χ1n) is 7.86. The Balaban J connectivity index is 2.11. The minimum Gasteiger partial charge on any atom is -0.382 e. The summed E-state index contributed by atoms with van der Waals surface area (Å²) in [7, 11) is 0. The lowest BCUT2D eigenvalue weighted by molar-refractivity contribution is -0.157. The first-order valence-corrected chi connectivity index (χ1v) is 7.86. The monoisotopic (exact) mass is 282 g/mol. The summed E-state index contributed by atoms with van der Waals surface area (Å²) in [6, 6.07) is -0.346. The summed E-state index contributed by atoms with van der Waals surface area (Å²) < 4.78 is 5.35. The fraction of sp³-hybridized carbons (Fsp3) is 0.867. The average Bonchev–Trinajstić information content (AvgIpc) is 2.93. The molecule has 1 atom stereocenters. The zero-order valence-corrected chi connectivity index (χ0v) is 12.6. The minimum absolute atomic E-state index is 0.0536. The minimum atomic E-state index is -0.574. The number of piperazine rings is 1. The fourth-order valence-electron chi connectivity index (χ4n) is 3.40. The highest BCUT2D eigenvalue weighted by Gasteiger charge is 2.52. The second-order valence-electron chi connectivity index (χ2n) is 5.71. The van der Waals surface area contributed by atoms with Crippen LogP contribution in [0, 0.1) is 0 Å². The Morgan fingerprint density at radius 2 is 2.00 bits per heavy atom. The lowest BCUT2D eigenvalue weighted by Crippen LogP contribution is -2.69. The van der Waals surface area contributed by atoms with Gasteiger partial charge in [0, 0.05) is 19.8 Å². The number of ether oxygens (including phenoxy) is 1. The van der Waals surface area contributed by atoms with Gasteiger partial charge in [-0.25, -0.2) is 0 Å². The highest BCUT2D eigenvalue weighted by molar-refractivity contribution is 6.00. The number of rotatable bonds is 6. The second kappa shape index (κ2) is 6.57. The van der Waals surface area contributed by atoms with Gasteiger partial charge in [-0.15, -0.1) is 0 Å². The largest absolute Gasteiger partial charge is 0.382 e. The molecular weight excluding hydrogens is 256 g/mol. The molecule has 1 heterocycles. The van der Waals surface area contributed by atoms with Crippen LogP contribution in [0.5, 0.6) is 0 Å². The summed E-state index contributed by atoms with van der Waals surface area (Å²) >= 11 is 0. The van der Waals surface area contributed by atoms with Crippen molar-refractivity contribution in [2.24, 2.45) is 0 Å². The smallest absolute Gasteiger partial charge is 0.246 e. The van der Waals surface area contributed by atoms with Crippen LogP contribution < -0.4 is 5.32 Å². The van der Waals surface area contributed by atoms with E-state index < -0.39 is 5.54 Å². The van der Waals surface area contributed by atoms with E-state index in [-0.39, 0.29) is 17.9 Å². The van der Waals surface area contributed by atoms with Gasteiger partial charge >= 0.3 is 0 Å². The summed E-state index contributed by atoms with van der Waals surface area (Å²) in [6.45, 7) is 5.87. The first-order chi connectivity index (χ1) is 9.65. The van der Waals surface area contributed by atoms with E-state index in [1.165, 1.54) is 0 Å². The molecule has 5 heteroatoms. The number of carbonyl (C=O) groups excluding carboxylic acids is 2. The molecule has 1 N–H and O–H groups in total. The molecule has 1 spiro atoms. The van der Waals surface area contributed by atoms with Crippen LogP contribution in [0.1, 0.15) is 52.4 Å². The van der Waals surface area contributed by atoms with E-state index in [0.717, 1.165) is 32.1 Å². The van der Waals surface area contributed by atoms with Crippen LogP contribution in [0.4, 0.5) is 0 Å². The van der Waals surface area contributed by atoms with Crippen molar-refractivity contribution in [2.45, 2.75) is 64.0 Å². The molecule has 20 heavy (non-hydrogen) atoms. The van der Waals surface area contributed by atoms with Crippen LogP contribution >= 0.6 is 0 Å². The van der Waals surface area contributed by atoms with E-state index in [9.17, 15) is 9.59 Å². The van der Waals surface area contributed by atoms with Crippen molar-refractivity contribution in [3.05, 3.63) is 0 Å². The van der Waals surface area contributed by atoms with Gasteiger partial charge in [0.2, 0.25) is 11.8 Å². The summed E-state index contributed by atoms with van der Waals surface area (Å²) in [6.07, 6.45) is 5.11. The Morgan fingerprint density at radius 1 is 1.30 bits per heavy atom. The topological polar surface area (TPSA) is 58.6 Å². The number of carbonyl (C=O) groups is 2. The molecule has 5 nitrogen and oxygen atoms in total. The van der Waals surface area contributed by atoms with Crippen LogP contribution in [0.15, 0.2) is 0 Å². The van der Waals surface area contributed by atoms with Crippen LogP contribution in [0.3, 0.4) is 0 Å². The van der Waals surface area contributed by atoms with Crippen molar-refractivity contribution < 1.29 is 14.3 Å². The number of amides is 2. The molecule has 2 amide bonds. The van der Waals surface area contributed by atoms with Crippen molar-refractivity contribution >= 4 is 11.8 Å². The Labute approximate surface area is 121 Å². The van der Waals surface area contributed by atoms with Gasteiger partial charge in [0.15, 0.2) is 0 Å². The summed E-state index contributed by atoms with van der Waals surface area (Å²) in [5, 5.41) is 2.92. The normalized spacial score (nSPS) is 25.3. The van der Waals surface area contributed by atoms with Gasteiger partial charge in [0.25, 0.3) is 0 Å². The highest BCUT2D eigenvalue weighted by Crippen LogP contribution is 2.38. The average molecular weight is 282 g/mol. The number of nitrogens with zero attached hydrogens (tertiary/aromatic N) is 1. The van der Waals surface area contributed by atoms with E-state index in [1.807, 2.05) is 18.7 Å². The van der Waals surface area contributed by atoms with Crippen molar-refractivity contribution in [3.63, 3.8) is 0 Å². The van der Waals surface area contributed by atoms with Gasteiger partial charge in [-0.3, -0.25) is 9.59 Å². The van der Waals surface area contributed by atoms with Crippen molar-refractivity contribution in [2.75, 3.05) is 19.8 Å². The predicted octanol–water partition coefficient (Wildman–Crippen LogP) is 1.46. The van der Waals surface area contributed by atoms with Gasteiger partial charge < -0.3 is 15.0 Å². The van der Waals surface area contributed by atoms with Gasteiger partial charge in [0.1, 0.15) is 11.6 Å². The molecule has 114 valence electrons. The molecule has 1 unspecified atom stereocenters. The Morgan fingerprint density at radius 3 is 2.60 bits per heavy atom. The molecule has 1 saturated carbocycles. The SMILES string of the molecule is CCOCCCN1C(=O)C(CC)NC(=O)C12CCCC2. The molecule has 1 aliphatic carbocycles. The van der Waals surface area contributed by atoms with E-state index >= 15 is 0 Å². The summed E-state index contributed by atoms with van der Waals surface area (Å²) in [5.74, 6) is 0.142. The van der Waals surface area contributed by atoms with E-state index in [2.05, 4.69) is 5.32 Å². The quantitative estimate of drug-likeness (QED) is 0.750. The lowest BCUT2D eigenvalue weighted by Gasteiger charge is -2.46. The second-order valence-corrected chi connectivity index (χ2v) is 5.71. The zero-order chi connectivity index (χ0) is 14.6. The molecule has 1 aliphatic heterocycles. The fourth-order valence-corrected chi connectivity index (χ4v) is 3.40.